The molecule has 1 atom stereocenters. The van der Waals surface area contributed by atoms with Crippen LogP contribution in [0.4, 0.5) is 0 Å². The molecule has 0 radical (unpaired) electrons. The van der Waals surface area contributed by atoms with Gasteiger partial charge in [0.2, 0.25) is 0 Å². The summed E-state index contributed by atoms with van der Waals surface area (Å²) in [6, 6.07) is 0. The van der Waals surface area contributed by atoms with Crippen molar-refractivity contribution >= 4 is 5.91 Å². The molecule has 2 rings (SSSR count). The van der Waals surface area contributed by atoms with E-state index in [1.165, 1.54) is 6.42 Å². The Kier molecular flexibility index (Phi) is 3.46. The Labute approximate surface area is 109 Å². The zero-order chi connectivity index (χ0) is 13.3. The highest BCUT2D eigenvalue weighted by Gasteiger charge is 2.32. The van der Waals surface area contributed by atoms with Crippen molar-refractivity contribution < 1.29 is 4.79 Å². The van der Waals surface area contributed by atoms with E-state index in [1.54, 1.807) is 0 Å². The van der Waals surface area contributed by atoms with Crippen molar-refractivity contribution in [2.75, 3.05) is 6.54 Å². The minimum Gasteiger partial charge on any atom is -0.351 e. The zero-order valence-electron chi connectivity index (χ0n) is 11.8. The van der Waals surface area contributed by atoms with Crippen LogP contribution in [0.15, 0.2) is 0 Å². The van der Waals surface area contributed by atoms with E-state index in [0.29, 0.717) is 18.2 Å². The fourth-order valence-electron chi connectivity index (χ4n) is 2.67. The van der Waals surface area contributed by atoms with Crippen LogP contribution in [-0.2, 0) is 12.8 Å². The molecule has 0 unspecified atom stereocenters. The van der Waals surface area contributed by atoms with Crippen LogP contribution < -0.4 is 5.32 Å². The molecule has 0 aromatic carbocycles. The summed E-state index contributed by atoms with van der Waals surface area (Å²) in [5.41, 5.74) is 3.16. The van der Waals surface area contributed by atoms with Crippen LogP contribution in [0.3, 0.4) is 0 Å². The Morgan fingerprint density at radius 3 is 2.83 bits per heavy atom. The third-order valence-corrected chi connectivity index (χ3v) is 3.92. The van der Waals surface area contributed by atoms with Gasteiger partial charge in [0, 0.05) is 17.8 Å². The standard InChI is InChI=1S/C14H23N3O/c1-5-15-13(18)12-10-8-9(14(2,3)4)6-7-11(10)16-17-12/h9H,5-8H2,1-4H3,(H,15,18)(H,16,17)/t9-/m1/s1. The van der Waals surface area contributed by atoms with Crippen LogP contribution in [0.2, 0.25) is 0 Å². The van der Waals surface area contributed by atoms with Crippen LogP contribution in [0, 0.1) is 11.3 Å². The molecule has 4 nitrogen and oxygen atoms in total. The number of aryl methyl sites for hydroxylation is 1. The molecule has 1 aromatic rings. The third kappa shape index (κ3) is 2.42. The maximum Gasteiger partial charge on any atom is 0.272 e. The summed E-state index contributed by atoms with van der Waals surface area (Å²) in [7, 11) is 0. The predicted octanol–water partition coefficient (Wildman–Crippen LogP) is 2.31. The monoisotopic (exact) mass is 249 g/mol. The van der Waals surface area contributed by atoms with Gasteiger partial charge in [0.15, 0.2) is 5.69 Å². The quantitative estimate of drug-likeness (QED) is 0.845. The van der Waals surface area contributed by atoms with E-state index in [0.717, 1.165) is 24.1 Å². The number of rotatable bonds is 2. The molecule has 0 bridgehead atoms. The molecule has 4 heteroatoms. The molecule has 100 valence electrons. The Bertz CT molecular complexity index is 442. The lowest BCUT2D eigenvalue weighted by Gasteiger charge is -2.33. The molecule has 1 aromatic heterocycles. The highest BCUT2D eigenvalue weighted by atomic mass is 16.1. The Balaban J connectivity index is 2.24. The minimum atomic E-state index is -0.0513. The maximum absolute atomic E-state index is 11.9. The molecule has 1 heterocycles. The Hall–Kier alpha value is -1.32. The van der Waals surface area contributed by atoms with E-state index >= 15 is 0 Å². The van der Waals surface area contributed by atoms with Gasteiger partial charge in [-0.25, -0.2) is 0 Å². The molecule has 0 fully saturated rings. The van der Waals surface area contributed by atoms with Crippen LogP contribution >= 0.6 is 0 Å². The molecular formula is C14H23N3O. The average Bonchev–Trinajstić information content (AvgIpc) is 2.70. The fraction of sp³-hybridized carbons (Fsp3) is 0.714. The number of hydrogen-bond acceptors (Lipinski definition) is 2. The van der Waals surface area contributed by atoms with Gasteiger partial charge in [-0.1, -0.05) is 20.8 Å². The van der Waals surface area contributed by atoms with Crippen molar-refractivity contribution in [3.05, 3.63) is 17.0 Å². The van der Waals surface area contributed by atoms with Crippen molar-refractivity contribution in [1.29, 1.82) is 0 Å². The van der Waals surface area contributed by atoms with Crippen molar-refractivity contribution in [3.63, 3.8) is 0 Å². The van der Waals surface area contributed by atoms with Gasteiger partial charge in [0.1, 0.15) is 0 Å². The number of nitrogens with zero attached hydrogens (tertiary/aromatic N) is 1. The van der Waals surface area contributed by atoms with Gasteiger partial charge in [0.05, 0.1) is 0 Å². The number of nitrogens with one attached hydrogen (secondary N) is 2. The van der Waals surface area contributed by atoms with Gasteiger partial charge >= 0.3 is 0 Å². The summed E-state index contributed by atoms with van der Waals surface area (Å²) >= 11 is 0. The van der Waals surface area contributed by atoms with E-state index in [-0.39, 0.29) is 11.3 Å². The molecular weight excluding hydrogens is 226 g/mol. The van der Waals surface area contributed by atoms with Crippen LogP contribution in [0.1, 0.15) is 55.9 Å². The molecule has 0 saturated heterocycles. The number of carbonyl (C=O) groups excluding carboxylic acids is 1. The van der Waals surface area contributed by atoms with Crippen molar-refractivity contribution in [2.24, 2.45) is 11.3 Å². The van der Waals surface area contributed by atoms with Gasteiger partial charge in [-0.05, 0) is 37.5 Å². The Morgan fingerprint density at radius 2 is 2.22 bits per heavy atom. The summed E-state index contributed by atoms with van der Waals surface area (Å²) in [5, 5.41) is 10.1. The lowest BCUT2D eigenvalue weighted by Crippen LogP contribution is -2.29. The first kappa shape index (κ1) is 13.1. The average molecular weight is 249 g/mol. The first-order chi connectivity index (χ1) is 8.43. The Morgan fingerprint density at radius 1 is 1.50 bits per heavy atom. The van der Waals surface area contributed by atoms with Crippen molar-refractivity contribution in [3.8, 4) is 0 Å². The highest BCUT2D eigenvalue weighted by Crippen LogP contribution is 2.37. The van der Waals surface area contributed by atoms with Gasteiger partial charge in [-0.3, -0.25) is 9.89 Å². The molecule has 1 aliphatic rings. The van der Waals surface area contributed by atoms with Crippen molar-refractivity contribution in [2.45, 2.75) is 47.0 Å². The van der Waals surface area contributed by atoms with Gasteiger partial charge < -0.3 is 5.32 Å². The number of aromatic amines is 1. The van der Waals surface area contributed by atoms with Crippen LogP contribution in [0.25, 0.3) is 0 Å². The maximum atomic E-state index is 11.9. The number of amides is 1. The number of hydrogen-bond donors (Lipinski definition) is 2. The largest absolute Gasteiger partial charge is 0.351 e. The topological polar surface area (TPSA) is 57.8 Å². The van der Waals surface area contributed by atoms with E-state index in [9.17, 15) is 4.79 Å². The molecule has 0 aliphatic heterocycles. The second kappa shape index (κ2) is 4.75. The van der Waals surface area contributed by atoms with Gasteiger partial charge in [-0.2, -0.15) is 5.10 Å². The molecule has 1 amide bonds. The number of carbonyl (C=O) groups is 1. The minimum absolute atomic E-state index is 0.0513. The van der Waals surface area contributed by atoms with Gasteiger partial charge in [-0.15, -0.1) is 0 Å². The van der Waals surface area contributed by atoms with Crippen LogP contribution in [0.5, 0.6) is 0 Å². The number of aromatic nitrogens is 2. The molecule has 18 heavy (non-hydrogen) atoms. The number of H-pyrrole nitrogens is 1. The lowest BCUT2D eigenvalue weighted by molar-refractivity contribution is 0.0948. The zero-order valence-corrected chi connectivity index (χ0v) is 11.8. The highest BCUT2D eigenvalue weighted by molar-refractivity contribution is 5.94. The fourth-order valence-corrected chi connectivity index (χ4v) is 2.67. The summed E-state index contributed by atoms with van der Waals surface area (Å²) in [6.45, 7) is 9.38. The molecule has 2 N–H and O–H groups in total. The summed E-state index contributed by atoms with van der Waals surface area (Å²) in [6.07, 6.45) is 3.14. The normalized spacial score (nSPS) is 19.4. The van der Waals surface area contributed by atoms with E-state index in [2.05, 4.69) is 36.3 Å². The van der Waals surface area contributed by atoms with E-state index in [4.69, 9.17) is 0 Å². The molecule has 0 spiro atoms. The first-order valence-corrected chi connectivity index (χ1v) is 6.77. The van der Waals surface area contributed by atoms with Gasteiger partial charge in [0.25, 0.3) is 5.91 Å². The summed E-state index contributed by atoms with van der Waals surface area (Å²) in [5.74, 6) is 0.570. The predicted molar refractivity (Wildman–Crippen MR) is 71.6 cm³/mol. The smallest absolute Gasteiger partial charge is 0.272 e. The summed E-state index contributed by atoms with van der Waals surface area (Å²) in [4.78, 5) is 11.9. The second-order valence-corrected chi connectivity index (χ2v) is 6.19. The first-order valence-electron chi connectivity index (χ1n) is 6.77. The second-order valence-electron chi connectivity index (χ2n) is 6.19. The van der Waals surface area contributed by atoms with E-state index in [1.807, 2.05) is 6.92 Å². The molecule has 1 aliphatic carbocycles. The SMILES string of the molecule is CCNC(=O)c1n[nH]c2c1C[C@H](C(C)(C)C)CC2. The number of fused-ring (bicyclic) bond motifs is 1. The lowest BCUT2D eigenvalue weighted by atomic mass is 9.71. The third-order valence-electron chi connectivity index (χ3n) is 3.92. The van der Waals surface area contributed by atoms with Crippen LogP contribution in [-0.4, -0.2) is 22.6 Å². The summed E-state index contributed by atoms with van der Waals surface area (Å²) < 4.78 is 0. The van der Waals surface area contributed by atoms with E-state index < -0.39 is 0 Å². The van der Waals surface area contributed by atoms with Crippen molar-refractivity contribution in [1.82, 2.24) is 15.5 Å². The molecule has 0 saturated carbocycles.